The minimum Gasteiger partial charge on any atom is -0.493 e. The van der Waals surface area contributed by atoms with E-state index < -0.39 is 0 Å². The molecule has 0 saturated carbocycles. The molecule has 0 aliphatic rings. The topological polar surface area (TPSA) is 81.5 Å². The van der Waals surface area contributed by atoms with Crippen molar-refractivity contribution in [3.8, 4) is 11.5 Å². The summed E-state index contributed by atoms with van der Waals surface area (Å²) in [6, 6.07) is 13.5. The number of aromatic nitrogens is 3. The van der Waals surface area contributed by atoms with Crippen molar-refractivity contribution in [3.63, 3.8) is 0 Å². The highest BCUT2D eigenvalue weighted by Gasteiger charge is 2.07. The SMILES string of the molecule is COc1ccc(/C=N\n2c(=S)[nH]nc(C)c2=O)cc1OCc1ccc(C)cc1. The minimum absolute atomic E-state index is 0.121. The van der Waals surface area contributed by atoms with Crippen molar-refractivity contribution in [2.24, 2.45) is 5.10 Å². The molecule has 144 valence electrons. The van der Waals surface area contributed by atoms with Crippen LogP contribution in [0.5, 0.6) is 11.5 Å². The van der Waals surface area contributed by atoms with Crippen LogP contribution in [0, 0.1) is 18.6 Å². The molecule has 0 radical (unpaired) electrons. The maximum absolute atomic E-state index is 12.1. The first-order chi connectivity index (χ1) is 13.5. The Morgan fingerprint density at radius 1 is 1.18 bits per heavy atom. The van der Waals surface area contributed by atoms with E-state index in [4.69, 9.17) is 21.7 Å². The Labute approximate surface area is 167 Å². The van der Waals surface area contributed by atoms with Gasteiger partial charge in [0.2, 0.25) is 4.77 Å². The lowest BCUT2D eigenvalue weighted by Gasteiger charge is -2.11. The van der Waals surface area contributed by atoms with E-state index in [-0.39, 0.29) is 16.0 Å². The van der Waals surface area contributed by atoms with Gasteiger partial charge in [0, 0.05) is 0 Å². The van der Waals surface area contributed by atoms with Gasteiger partial charge in [-0.25, -0.2) is 0 Å². The molecule has 0 saturated heterocycles. The van der Waals surface area contributed by atoms with Crippen molar-refractivity contribution in [2.75, 3.05) is 7.11 Å². The van der Waals surface area contributed by atoms with Crippen molar-refractivity contribution in [3.05, 3.63) is 80.0 Å². The molecule has 8 heteroatoms. The van der Waals surface area contributed by atoms with Gasteiger partial charge >= 0.3 is 0 Å². The molecular formula is C20H20N4O3S. The summed E-state index contributed by atoms with van der Waals surface area (Å²) in [6.07, 6.45) is 1.53. The number of benzene rings is 2. The third-order valence-corrected chi connectivity index (χ3v) is 4.30. The lowest BCUT2D eigenvalue weighted by Crippen LogP contribution is -2.22. The van der Waals surface area contributed by atoms with Crippen LogP contribution < -0.4 is 15.0 Å². The molecule has 1 aromatic heterocycles. The number of H-pyrrole nitrogens is 1. The van der Waals surface area contributed by atoms with E-state index in [1.54, 1.807) is 26.2 Å². The normalized spacial score (nSPS) is 11.0. The van der Waals surface area contributed by atoms with Crippen molar-refractivity contribution < 1.29 is 9.47 Å². The van der Waals surface area contributed by atoms with Gasteiger partial charge in [-0.15, -0.1) is 0 Å². The van der Waals surface area contributed by atoms with Gasteiger partial charge in [0.25, 0.3) is 5.56 Å². The molecule has 3 aromatic rings. The average Bonchev–Trinajstić information content (AvgIpc) is 2.70. The standard InChI is InChI=1S/C20H20N4O3S/c1-13-4-6-15(7-5-13)12-27-18-10-16(8-9-17(18)26-3)11-21-24-19(25)14(2)22-23-20(24)28/h4-11H,12H2,1-3H3,(H,23,28)/b21-11-. The lowest BCUT2D eigenvalue weighted by molar-refractivity contribution is 0.284. The maximum Gasteiger partial charge on any atom is 0.296 e. The number of methoxy groups -OCH3 is 1. The highest BCUT2D eigenvalue weighted by Crippen LogP contribution is 2.28. The van der Waals surface area contributed by atoms with Crippen LogP contribution in [-0.2, 0) is 6.61 Å². The van der Waals surface area contributed by atoms with Gasteiger partial charge in [0.15, 0.2) is 11.5 Å². The predicted octanol–water partition coefficient (Wildman–Crippen LogP) is 3.39. The number of aromatic amines is 1. The van der Waals surface area contributed by atoms with E-state index in [0.29, 0.717) is 18.1 Å². The predicted molar refractivity (Wildman–Crippen MR) is 110 cm³/mol. The Hall–Kier alpha value is -3.26. The van der Waals surface area contributed by atoms with E-state index in [9.17, 15) is 4.79 Å². The van der Waals surface area contributed by atoms with Crippen LogP contribution in [-0.4, -0.2) is 28.2 Å². The first kappa shape index (κ1) is 19.5. The van der Waals surface area contributed by atoms with Crippen molar-refractivity contribution in [1.29, 1.82) is 0 Å². The molecule has 0 atom stereocenters. The van der Waals surface area contributed by atoms with Crippen molar-refractivity contribution in [2.45, 2.75) is 20.5 Å². The van der Waals surface area contributed by atoms with Crippen molar-refractivity contribution in [1.82, 2.24) is 14.9 Å². The molecule has 0 fully saturated rings. The zero-order valence-corrected chi connectivity index (χ0v) is 16.6. The minimum atomic E-state index is -0.371. The summed E-state index contributed by atoms with van der Waals surface area (Å²) in [4.78, 5) is 12.1. The molecular weight excluding hydrogens is 376 g/mol. The van der Waals surface area contributed by atoms with Gasteiger partial charge in [-0.3, -0.25) is 9.89 Å². The summed E-state index contributed by atoms with van der Waals surface area (Å²) < 4.78 is 12.5. The number of nitrogens with one attached hydrogen (secondary N) is 1. The second-order valence-electron chi connectivity index (χ2n) is 6.16. The molecule has 0 amide bonds. The average molecular weight is 396 g/mol. The molecule has 28 heavy (non-hydrogen) atoms. The molecule has 0 unspecified atom stereocenters. The van der Waals surface area contributed by atoms with Crippen LogP contribution in [0.15, 0.2) is 52.4 Å². The number of hydrogen-bond acceptors (Lipinski definition) is 6. The molecule has 0 aliphatic carbocycles. The number of hydrogen-bond donors (Lipinski definition) is 1. The fraction of sp³-hybridized carbons (Fsp3) is 0.200. The summed E-state index contributed by atoms with van der Waals surface area (Å²) in [5.41, 5.74) is 2.89. The first-order valence-corrected chi connectivity index (χ1v) is 8.98. The van der Waals surface area contributed by atoms with Gasteiger partial charge in [0.05, 0.1) is 13.3 Å². The monoisotopic (exact) mass is 396 g/mol. The van der Waals surface area contributed by atoms with Gasteiger partial charge in [0.1, 0.15) is 12.3 Å². The molecule has 0 spiro atoms. The Bertz CT molecular complexity index is 1120. The highest BCUT2D eigenvalue weighted by atomic mass is 32.1. The van der Waals surface area contributed by atoms with Gasteiger partial charge in [-0.2, -0.15) is 14.9 Å². The van der Waals surface area contributed by atoms with Crippen LogP contribution in [0.25, 0.3) is 0 Å². The number of aryl methyl sites for hydroxylation is 2. The summed E-state index contributed by atoms with van der Waals surface area (Å²) in [6.45, 7) is 4.04. The largest absolute Gasteiger partial charge is 0.493 e. The van der Waals surface area contributed by atoms with Gasteiger partial charge in [-0.05, 0) is 55.4 Å². The highest BCUT2D eigenvalue weighted by molar-refractivity contribution is 7.71. The molecule has 1 heterocycles. The lowest BCUT2D eigenvalue weighted by atomic mass is 10.1. The van der Waals surface area contributed by atoms with E-state index in [1.165, 1.54) is 11.8 Å². The van der Waals surface area contributed by atoms with Crippen LogP contribution in [0.2, 0.25) is 0 Å². The Morgan fingerprint density at radius 2 is 1.93 bits per heavy atom. The maximum atomic E-state index is 12.1. The Morgan fingerprint density at radius 3 is 2.64 bits per heavy atom. The molecule has 1 N–H and O–H groups in total. The number of nitrogens with zero attached hydrogens (tertiary/aromatic N) is 3. The van der Waals surface area contributed by atoms with Gasteiger partial charge in [-0.1, -0.05) is 29.8 Å². The second-order valence-corrected chi connectivity index (χ2v) is 6.55. The van der Waals surface area contributed by atoms with E-state index in [2.05, 4.69) is 15.3 Å². The van der Waals surface area contributed by atoms with Crippen LogP contribution in [0.1, 0.15) is 22.4 Å². The second kappa shape index (κ2) is 8.62. The molecule has 0 bridgehead atoms. The third kappa shape index (κ3) is 4.52. The molecule has 3 rings (SSSR count). The quantitative estimate of drug-likeness (QED) is 0.510. The number of ether oxygens (including phenoxy) is 2. The smallest absolute Gasteiger partial charge is 0.296 e. The van der Waals surface area contributed by atoms with E-state index in [1.807, 2.05) is 37.3 Å². The van der Waals surface area contributed by atoms with Crippen molar-refractivity contribution >= 4 is 18.4 Å². The molecule has 7 nitrogen and oxygen atoms in total. The van der Waals surface area contributed by atoms with E-state index in [0.717, 1.165) is 15.8 Å². The van der Waals surface area contributed by atoms with Crippen LogP contribution in [0.3, 0.4) is 0 Å². The number of rotatable bonds is 6. The summed E-state index contributed by atoms with van der Waals surface area (Å²) in [5.74, 6) is 1.19. The van der Waals surface area contributed by atoms with Crippen LogP contribution >= 0.6 is 12.2 Å². The summed E-state index contributed by atoms with van der Waals surface area (Å²) in [7, 11) is 1.58. The zero-order valence-electron chi connectivity index (χ0n) is 15.8. The first-order valence-electron chi connectivity index (χ1n) is 8.57. The third-order valence-electron chi connectivity index (χ3n) is 4.04. The molecule has 0 aliphatic heterocycles. The fourth-order valence-corrected chi connectivity index (χ4v) is 2.61. The Balaban J connectivity index is 1.84. The van der Waals surface area contributed by atoms with E-state index >= 15 is 0 Å². The zero-order chi connectivity index (χ0) is 20.1. The van der Waals surface area contributed by atoms with Gasteiger partial charge < -0.3 is 9.47 Å². The summed E-state index contributed by atoms with van der Waals surface area (Å²) in [5, 5.41) is 10.6. The summed E-state index contributed by atoms with van der Waals surface area (Å²) >= 11 is 5.07. The fourth-order valence-electron chi connectivity index (χ4n) is 2.43. The van der Waals surface area contributed by atoms with Crippen LogP contribution in [0.4, 0.5) is 0 Å². The Kier molecular flexibility index (Phi) is 6.00. The molecule has 2 aromatic carbocycles.